The summed E-state index contributed by atoms with van der Waals surface area (Å²) in [7, 11) is 0. The summed E-state index contributed by atoms with van der Waals surface area (Å²) < 4.78 is 53.7. The monoisotopic (exact) mass is 299 g/mol. The van der Waals surface area contributed by atoms with E-state index in [1.54, 1.807) is 0 Å². The first-order chi connectivity index (χ1) is 10.0. The fraction of sp³-hybridized carbons (Fsp3) is 0.471. The second-order valence-electron chi connectivity index (χ2n) is 5.53. The number of halogens is 4. The van der Waals surface area contributed by atoms with Gasteiger partial charge in [0.1, 0.15) is 6.17 Å². The van der Waals surface area contributed by atoms with Gasteiger partial charge >= 0.3 is 0 Å². The van der Waals surface area contributed by atoms with Crippen molar-refractivity contribution in [3.05, 3.63) is 53.2 Å². The zero-order valence-electron chi connectivity index (χ0n) is 12.0. The zero-order valence-corrected chi connectivity index (χ0v) is 12.0. The van der Waals surface area contributed by atoms with Gasteiger partial charge in [-0.25, -0.2) is 17.6 Å². The van der Waals surface area contributed by atoms with E-state index in [9.17, 15) is 17.6 Å². The molecule has 4 heteroatoms. The van der Waals surface area contributed by atoms with Crippen molar-refractivity contribution >= 4 is 0 Å². The van der Waals surface area contributed by atoms with Gasteiger partial charge in [-0.15, -0.1) is 0 Å². The lowest BCUT2D eigenvalue weighted by Crippen LogP contribution is -2.25. The predicted octanol–water partition coefficient (Wildman–Crippen LogP) is 5.52. The number of hydrogen-bond donors (Lipinski definition) is 0. The van der Waals surface area contributed by atoms with E-state index in [-0.39, 0.29) is 11.5 Å². The van der Waals surface area contributed by atoms with Crippen molar-refractivity contribution < 1.29 is 17.6 Å². The molecular formula is C17H19F4. The second kappa shape index (κ2) is 7.10. The summed E-state index contributed by atoms with van der Waals surface area (Å²) in [6.07, 6.45) is 6.29. The van der Waals surface area contributed by atoms with Gasteiger partial charge in [-0.2, -0.15) is 0 Å². The van der Waals surface area contributed by atoms with Crippen LogP contribution in [-0.2, 0) is 0 Å². The Hall–Kier alpha value is -1.32. The van der Waals surface area contributed by atoms with Gasteiger partial charge in [0.05, 0.1) is 0 Å². The van der Waals surface area contributed by atoms with Crippen LogP contribution in [0.3, 0.4) is 0 Å². The molecule has 21 heavy (non-hydrogen) atoms. The largest absolute Gasteiger partial charge is 0.246 e. The standard InChI is InChI=1S/C17H19F4/c1-2-3-4-5-11-6-7-13(14(18)8-11)12-9-15(19)17(21)16(20)10-12/h2-3,9-11,14H,4-8H2,1H3/t11-,14?/m1/s1. The molecule has 0 N–H and O–H groups in total. The van der Waals surface area contributed by atoms with Crippen LogP contribution in [0.5, 0.6) is 0 Å². The summed E-state index contributed by atoms with van der Waals surface area (Å²) in [5.74, 6) is -3.36. The van der Waals surface area contributed by atoms with Gasteiger partial charge in [0, 0.05) is 5.92 Å². The van der Waals surface area contributed by atoms with Crippen molar-refractivity contribution in [1.29, 1.82) is 0 Å². The number of alkyl halides is 1. The summed E-state index contributed by atoms with van der Waals surface area (Å²) in [5.41, 5.74) is 0.144. The molecule has 1 fully saturated rings. The third-order valence-electron chi connectivity index (χ3n) is 4.07. The third-order valence-corrected chi connectivity index (χ3v) is 4.07. The lowest BCUT2D eigenvalue weighted by molar-refractivity contribution is 0.222. The minimum Gasteiger partial charge on any atom is -0.246 e. The molecule has 1 aromatic rings. The van der Waals surface area contributed by atoms with Crippen LogP contribution in [0.15, 0.2) is 24.3 Å². The Kier molecular flexibility index (Phi) is 5.43. The lowest BCUT2D eigenvalue weighted by Gasteiger charge is -2.31. The minimum absolute atomic E-state index is 0.144. The van der Waals surface area contributed by atoms with E-state index >= 15 is 0 Å². The summed E-state index contributed by atoms with van der Waals surface area (Å²) in [6.45, 7) is 1.95. The van der Waals surface area contributed by atoms with E-state index in [1.165, 1.54) is 0 Å². The van der Waals surface area contributed by atoms with Crippen LogP contribution < -0.4 is 0 Å². The van der Waals surface area contributed by atoms with Crippen molar-refractivity contribution in [2.24, 2.45) is 5.92 Å². The highest BCUT2D eigenvalue weighted by molar-refractivity contribution is 5.35. The maximum absolute atomic E-state index is 14.3. The number of rotatable bonds is 4. The van der Waals surface area contributed by atoms with Gasteiger partial charge in [0.15, 0.2) is 17.5 Å². The molecule has 1 aliphatic rings. The van der Waals surface area contributed by atoms with Crippen LogP contribution in [0.4, 0.5) is 17.6 Å². The second-order valence-corrected chi connectivity index (χ2v) is 5.53. The lowest BCUT2D eigenvalue weighted by atomic mass is 9.76. The predicted molar refractivity (Wildman–Crippen MR) is 74.9 cm³/mol. The molecule has 115 valence electrons. The Labute approximate surface area is 122 Å². The Morgan fingerprint density at radius 2 is 1.86 bits per heavy atom. The molecule has 0 nitrogen and oxygen atoms in total. The van der Waals surface area contributed by atoms with E-state index in [0.717, 1.165) is 31.4 Å². The quantitative estimate of drug-likeness (QED) is 0.390. The maximum atomic E-state index is 14.3. The Morgan fingerprint density at radius 3 is 2.43 bits per heavy atom. The normalized spacial score (nSPS) is 23.9. The van der Waals surface area contributed by atoms with Gasteiger partial charge in [-0.05, 0) is 62.6 Å². The summed E-state index contributed by atoms with van der Waals surface area (Å²) >= 11 is 0. The van der Waals surface area contributed by atoms with Crippen LogP contribution in [-0.4, -0.2) is 6.17 Å². The van der Waals surface area contributed by atoms with Gasteiger partial charge in [0.2, 0.25) is 0 Å². The molecule has 0 heterocycles. The molecule has 1 aromatic carbocycles. The van der Waals surface area contributed by atoms with E-state index in [4.69, 9.17) is 0 Å². The molecule has 0 saturated heterocycles. The summed E-state index contributed by atoms with van der Waals surface area (Å²) in [4.78, 5) is 0. The number of benzene rings is 1. The van der Waals surface area contributed by atoms with Crippen molar-refractivity contribution in [2.75, 3.05) is 0 Å². The van der Waals surface area contributed by atoms with Crippen LogP contribution >= 0.6 is 0 Å². The maximum Gasteiger partial charge on any atom is 0.194 e. The van der Waals surface area contributed by atoms with E-state index in [0.29, 0.717) is 18.8 Å². The highest BCUT2D eigenvalue weighted by Gasteiger charge is 2.32. The number of allylic oxidation sites excluding steroid dienone is 2. The molecule has 1 aliphatic carbocycles. The Bertz CT molecular complexity index is 487. The van der Waals surface area contributed by atoms with Crippen LogP contribution in [0, 0.1) is 29.3 Å². The summed E-state index contributed by atoms with van der Waals surface area (Å²) in [6, 6.07) is 1.78. The Balaban J connectivity index is 2.03. The van der Waals surface area contributed by atoms with Crippen molar-refractivity contribution in [3.63, 3.8) is 0 Å². The average molecular weight is 299 g/mol. The molecule has 0 amide bonds. The first kappa shape index (κ1) is 16.1. The first-order valence-corrected chi connectivity index (χ1v) is 7.28. The van der Waals surface area contributed by atoms with Crippen molar-refractivity contribution in [2.45, 2.75) is 45.2 Å². The highest BCUT2D eigenvalue weighted by Crippen LogP contribution is 2.39. The van der Waals surface area contributed by atoms with Gasteiger partial charge in [-0.1, -0.05) is 12.2 Å². The molecule has 1 unspecified atom stereocenters. The first-order valence-electron chi connectivity index (χ1n) is 7.28. The molecule has 2 rings (SSSR count). The minimum atomic E-state index is -1.50. The van der Waals surface area contributed by atoms with E-state index in [1.807, 2.05) is 13.0 Å². The van der Waals surface area contributed by atoms with Gasteiger partial charge < -0.3 is 0 Å². The van der Waals surface area contributed by atoms with E-state index in [2.05, 4.69) is 6.08 Å². The molecule has 0 aromatic heterocycles. The van der Waals surface area contributed by atoms with Crippen LogP contribution in [0.2, 0.25) is 0 Å². The topological polar surface area (TPSA) is 0 Å². The SMILES string of the molecule is CC=CCC[C@@H]1CC[C](c2cc(F)c(F)c(F)c2)C(F)C1. The molecule has 0 bridgehead atoms. The molecule has 2 atom stereocenters. The van der Waals surface area contributed by atoms with Gasteiger partial charge in [0.25, 0.3) is 0 Å². The van der Waals surface area contributed by atoms with Crippen LogP contribution in [0.1, 0.15) is 44.6 Å². The van der Waals surface area contributed by atoms with Crippen molar-refractivity contribution in [1.82, 2.24) is 0 Å². The van der Waals surface area contributed by atoms with Gasteiger partial charge in [-0.3, -0.25) is 0 Å². The molecular weight excluding hydrogens is 280 g/mol. The smallest absolute Gasteiger partial charge is 0.194 e. The molecule has 0 aliphatic heterocycles. The van der Waals surface area contributed by atoms with Crippen molar-refractivity contribution in [3.8, 4) is 0 Å². The summed E-state index contributed by atoms with van der Waals surface area (Å²) in [5, 5.41) is 0. The number of hydrogen-bond acceptors (Lipinski definition) is 0. The fourth-order valence-electron chi connectivity index (χ4n) is 2.90. The highest BCUT2D eigenvalue weighted by atomic mass is 19.2. The molecule has 1 radical (unpaired) electrons. The zero-order chi connectivity index (χ0) is 15.4. The fourth-order valence-corrected chi connectivity index (χ4v) is 2.90. The molecule has 1 saturated carbocycles. The average Bonchev–Trinajstić information content (AvgIpc) is 2.45. The Morgan fingerprint density at radius 1 is 1.19 bits per heavy atom. The van der Waals surface area contributed by atoms with E-state index < -0.39 is 23.6 Å². The van der Waals surface area contributed by atoms with Crippen LogP contribution in [0.25, 0.3) is 0 Å². The molecule has 0 spiro atoms. The third kappa shape index (κ3) is 3.86.